The standard InChI is InChI=1S/C20H20BrN3O2/c1-13-7-9-15(10-8-13)20-24-23-19(26-20)12-11-18(25)22-14(2)16-5-3-4-6-17(16)21/h3-10,14H,11-12H2,1-2H3,(H,22,25)/t14-/m1/s1. The first kappa shape index (κ1) is 18.3. The first-order valence-corrected chi connectivity index (χ1v) is 9.25. The molecule has 2 aromatic carbocycles. The van der Waals surface area contributed by atoms with Gasteiger partial charge in [0.15, 0.2) is 0 Å². The van der Waals surface area contributed by atoms with Crippen molar-refractivity contribution in [1.29, 1.82) is 0 Å². The molecule has 0 radical (unpaired) electrons. The zero-order chi connectivity index (χ0) is 18.5. The molecule has 1 aromatic heterocycles. The van der Waals surface area contributed by atoms with Gasteiger partial charge in [-0.2, -0.15) is 0 Å². The molecule has 1 atom stereocenters. The van der Waals surface area contributed by atoms with E-state index < -0.39 is 0 Å². The van der Waals surface area contributed by atoms with Crippen molar-refractivity contribution in [3.05, 3.63) is 70.0 Å². The van der Waals surface area contributed by atoms with Crippen LogP contribution < -0.4 is 5.32 Å². The van der Waals surface area contributed by atoms with Gasteiger partial charge in [0.2, 0.25) is 17.7 Å². The number of rotatable bonds is 6. The third-order valence-electron chi connectivity index (χ3n) is 4.08. The largest absolute Gasteiger partial charge is 0.421 e. The van der Waals surface area contributed by atoms with Crippen LogP contribution in [-0.4, -0.2) is 16.1 Å². The Balaban J connectivity index is 1.55. The minimum Gasteiger partial charge on any atom is -0.421 e. The highest BCUT2D eigenvalue weighted by Gasteiger charge is 2.14. The number of nitrogens with one attached hydrogen (secondary N) is 1. The maximum absolute atomic E-state index is 12.2. The molecule has 0 saturated heterocycles. The molecule has 0 fully saturated rings. The Morgan fingerprint density at radius 1 is 1.15 bits per heavy atom. The van der Waals surface area contributed by atoms with Gasteiger partial charge in [-0.1, -0.05) is 51.8 Å². The van der Waals surface area contributed by atoms with Crippen LogP contribution in [0.15, 0.2) is 57.4 Å². The second-order valence-corrected chi connectivity index (χ2v) is 7.03. The van der Waals surface area contributed by atoms with Gasteiger partial charge >= 0.3 is 0 Å². The summed E-state index contributed by atoms with van der Waals surface area (Å²) >= 11 is 3.51. The maximum atomic E-state index is 12.2. The zero-order valence-corrected chi connectivity index (χ0v) is 16.3. The molecule has 0 unspecified atom stereocenters. The third-order valence-corrected chi connectivity index (χ3v) is 4.80. The maximum Gasteiger partial charge on any atom is 0.247 e. The van der Waals surface area contributed by atoms with Gasteiger partial charge in [0.05, 0.1) is 6.04 Å². The van der Waals surface area contributed by atoms with E-state index in [1.807, 2.05) is 62.4 Å². The molecule has 0 saturated carbocycles. The van der Waals surface area contributed by atoms with Crippen molar-refractivity contribution in [3.8, 4) is 11.5 Å². The Morgan fingerprint density at radius 3 is 2.62 bits per heavy atom. The van der Waals surface area contributed by atoms with Crippen LogP contribution >= 0.6 is 15.9 Å². The Bertz CT molecular complexity index is 890. The highest BCUT2D eigenvalue weighted by Crippen LogP contribution is 2.23. The number of hydrogen-bond donors (Lipinski definition) is 1. The topological polar surface area (TPSA) is 68.0 Å². The highest BCUT2D eigenvalue weighted by atomic mass is 79.9. The van der Waals surface area contributed by atoms with Crippen molar-refractivity contribution in [2.75, 3.05) is 0 Å². The number of carbonyl (C=O) groups is 1. The van der Waals surface area contributed by atoms with Gasteiger partial charge in [0, 0.05) is 22.9 Å². The molecule has 1 amide bonds. The molecule has 5 nitrogen and oxygen atoms in total. The molecule has 0 aliphatic rings. The molecule has 6 heteroatoms. The van der Waals surface area contributed by atoms with Crippen LogP contribution in [-0.2, 0) is 11.2 Å². The van der Waals surface area contributed by atoms with E-state index in [1.54, 1.807) is 0 Å². The molecule has 0 aliphatic heterocycles. The van der Waals surface area contributed by atoms with Gasteiger partial charge in [-0.25, -0.2) is 0 Å². The Morgan fingerprint density at radius 2 is 1.88 bits per heavy atom. The number of hydrogen-bond acceptors (Lipinski definition) is 4. The summed E-state index contributed by atoms with van der Waals surface area (Å²) in [5.74, 6) is 0.884. The van der Waals surface area contributed by atoms with Crippen LogP contribution in [0, 0.1) is 6.92 Å². The van der Waals surface area contributed by atoms with E-state index in [0.717, 1.165) is 15.6 Å². The molecule has 3 aromatic rings. The summed E-state index contributed by atoms with van der Waals surface area (Å²) in [5.41, 5.74) is 3.09. The minimum atomic E-state index is -0.0797. The molecule has 3 rings (SSSR count). The molecular weight excluding hydrogens is 394 g/mol. The van der Waals surface area contributed by atoms with Gasteiger partial charge in [-0.15, -0.1) is 10.2 Å². The molecule has 0 bridgehead atoms. The molecule has 0 aliphatic carbocycles. The second kappa shape index (κ2) is 8.27. The van der Waals surface area contributed by atoms with Crippen molar-refractivity contribution in [3.63, 3.8) is 0 Å². The van der Waals surface area contributed by atoms with E-state index in [4.69, 9.17) is 4.42 Å². The van der Waals surface area contributed by atoms with Gasteiger partial charge in [0.25, 0.3) is 0 Å². The minimum absolute atomic E-state index is 0.0525. The van der Waals surface area contributed by atoms with Crippen molar-refractivity contribution >= 4 is 21.8 Å². The van der Waals surface area contributed by atoms with E-state index >= 15 is 0 Å². The van der Waals surface area contributed by atoms with E-state index in [-0.39, 0.29) is 11.9 Å². The number of aromatic nitrogens is 2. The first-order chi connectivity index (χ1) is 12.5. The number of amides is 1. The number of carbonyl (C=O) groups excluding carboxylic acids is 1. The molecule has 0 spiro atoms. The van der Waals surface area contributed by atoms with E-state index in [2.05, 4.69) is 31.4 Å². The quantitative estimate of drug-likeness (QED) is 0.639. The highest BCUT2D eigenvalue weighted by molar-refractivity contribution is 9.10. The normalized spacial score (nSPS) is 12.0. The van der Waals surface area contributed by atoms with E-state index in [0.29, 0.717) is 24.6 Å². The summed E-state index contributed by atoms with van der Waals surface area (Å²) in [6.07, 6.45) is 0.706. The lowest BCUT2D eigenvalue weighted by molar-refractivity contribution is -0.121. The number of aryl methyl sites for hydroxylation is 2. The monoisotopic (exact) mass is 413 g/mol. The van der Waals surface area contributed by atoms with Crippen LogP contribution in [0.1, 0.15) is 36.4 Å². The number of benzene rings is 2. The summed E-state index contributed by atoms with van der Waals surface area (Å²) in [6.45, 7) is 3.98. The molecular formula is C20H20BrN3O2. The average molecular weight is 414 g/mol. The van der Waals surface area contributed by atoms with Gasteiger partial charge in [-0.3, -0.25) is 4.79 Å². The fourth-order valence-corrected chi connectivity index (χ4v) is 3.23. The molecule has 26 heavy (non-hydrogen) atoms. The lowest BCUT2D eigenvalue weighted by Gasteiger charge is -2.15. The lowest BCUT2D eigenvalue weighted by Crippen LogP contribution is -2.27. The van der Waals surface area contributed by atoms with Crippen LogP contribution in [0.25, 0.3) is 11.5 Å². The molecule has 1 N–H and O–H groups in total. The van der Waals surface area contributed by atoms with Crippen LogP contribution in [0.4, 0.5) is 0 Å². The Kier molecular flexibility index (Phi) is 5.83. The van der Waals surface area contributed by atoms with E-state index in [1.165, 1.54) is 5.56 Å². The lowest BCUT2D eigenvalue weighted by atomic mass is 10.1. The van der Waals surface area contributed by atoms with Crippen molar-refractivity contribution < 1.29 is 9.21 Å². The van der Waals surface area contributed by atoms with Gasteiger partial charge in [-0.05, 0) is 37.6 Å². The van der Waals surface area contributed by atoms with Crippen LogP contribution in [0.5, 0.6) is 0 Å². The summed E-state index contributed by atoms with van der Waals surface area (Å²) < 4.78 is 6.64. The Hall–Kier alpha value is -2.47. The first-order valence-electron chi connectivity index (χ1n) is 8.46. The van der Waals surface area contributed by atoms with Crippen molar-refractivity contribution in [1.82, 2.24) is 15.5 Å². The zero-order valence-electron chi connectivity index (χ0n) is 14.7. The SMILES string of the molecule is Cc1ccc(-c2nnc(CCC(=O)N[C@H](C)c3ccccc3Br)o2)cc1. The van der Waals surface area contributed by atoms with Crippen LogP contribution in [0.3, 0.4) is 0 Å². The van der Waals surface area contributed by atoms with Crippen molar-refractivity contribution in [2.24, 2.45) is 0 Å². The third kappa shape index (κ3) is 4.58. The summed E-state index contributed by atoms with van der Waals surface area (Å²) in [4.78, 5) is 12.2. The second-order valence-electron chi connectivity index (χ2n) is 6.18. The molecule has 1 heterocycles. The predicted octanol–water partition coefficient (Wildman–Crippen LogP) is 4.62. The number of halogens is 1. The fourth-order valence-electron chi connectivity index (χ4n) is 2.61. The molecule has 134 valence electrons. The predicted molar refractivity (Wildman–Crippen MR) is 103 cm³/mol. The van der Waals surface area contributed by atoms with E-state index in [9.17, 15) is 4.79 Å². The van der Waals surface area contributed by atoms with Gasteiger partial charge < -0.3 is 9.73 Å². The Labute approximate surface area is 161 Å². The van der Waals surface area contributed by atoms with Crippen molar-refractivity contribution in [2.45, 2.75) is 32.7 Å². The smallest absolute Gasteiger partial charge is 0.247 e. The average Bonchev–Trinajstić information content (AvgIpc) is 3.10. The summed E-state index contributed by atoms with van der Waals surface area (Å²) in [7, 11) is 0. The summed E-state index contributed by atoms with van der Waals surface area (Å²) in [5, 5.41) is 11.1. The van der Waals surface area contributed by atoms with Crippen LogP contribution in [0.2, 0.25) is 0 Å². The van der Waals surface area contributed by atoms with Gasteiger partial charge in [0.1, 0.15) is 0 Å². The summed E-state index contributed by atoms with van der Waals surface area (Å²) in [6, 6.07) is 15.6. The number of nitrogens with zero attached hydrogens (tertiary/aromatic N) is 2. The fraction of sp³-hybridized carbons (Fsp3) is 0.250.